The maximum atomic E-state index is 14.5. The third-order valence-corrected chi connectivity index (χ3v) is 3.71. The van der Waals surface area contributed by atoms with Crippen molar-refractivity contribution in [1.29, 1.82) is 0 Å². The molecule has 26 heavy (non-hydrogen) atoms. The van der Waals surface area contributed by atoms with Gasteiger partial charge in [-0.05, 0) is 42.8 Å². The molecular weight excluding hydrogens is 333 g/mol. The molecule has 0 bridgehead atoms. The fourth-order valence-electron chi connectivity index (χ4n) is 2.45. The van der Waals surface area contributed by atoms with E-state index in [4.69, 9.17) is 11.2 Å². The number of benzene rings is 1. The van der Waals surface area contributed by atoms with E-state index in [0.717, 1.165) is 0 Å². The maximum absolute atomic E-state index is 14.5. The minimum Gasteiger partial charge on any atom is -0.489 e. The maximum Gasteiger partial charge on any atom is 0.274 e. The molecule has 3 aromatic rings. The SMILES string of the molecule is C#CCCOc1cccc(NC(=O)c2nc3cccnc3cc2C)c1F. The molecule has 0 spiro atoms. The van der Waals surface area contributed by atoms with Crippen molar-refractivity contribution >= 4 is 22.6 Å². The molecule has 2 heterocycles. The second-order valence-electron chi connectivity index (χ2n) is 5.57. The van der Waals surface area contributed by atoms with Gasteiger partial charge in [-0.3, -0.25) is 9.78 Å². The predicted molar refractivity (Wildman–Crippen MR) is 97.6 cm³/mol. The van der Waals surface area contributed by atoms with E-state index >= 15 is 0 Å². The van der Waals surface area contributed by atoms with Crippen molar-refractivity contribution in [3.63, 3.8) is 0 Å². The molecule has 0 saturated heterocycles. The summed E-state index contributed by atoms with van der Waals surface area (Å²) >= 11 is 0. The highest BCUT2D eigenvalue weighted by atomic mass is 19.1. The molecular formula is C20H16FN3O2. The van der Waals surface area contributed by atoms with Gasteiger partial charge in [0, 0.05) is 12.6 Å². The van der Waals surface area contributed by atoms with Gasteiger partial charge >= 0.3 is 0 Å². The fraction of sp³-hybridized carbons (Fsp3) is 0.150. The van der Waals surface area contributed by atoms with Gasteiger partial charge in [-0.25, -0.2) is 9.37 Å². The van der Waals surface area contributed by atoms with Crippen molar-refractivity contribution in [2.75, 3.05) is 11.9 Å². The molecule has 0 atom stereocenters. The van der Waals surface area contributed by atoms with Crippen LogP contribution >= 0.6 is 0 Å². The molecule has 0 aliphatic carbocycles. The summed E-state index contributed by atoms with van der Waals surface area (Å²) in [7, 11) is 0. The molecule has 2 aromatic heterocycles. The van der Waals surface area contributed by atoms with Crippen molar-refractivity contribution in [3.8, 4) is 18.1 Å². The topological polar surface area (TPSA) is 64.1 Å². The zero-order chi connectivity index (χ0) is 18.5. The summed E-state index contributed by atoms with van der Waals surface area (Å²) in [6.45, 7) is 1.95. The lowest BCUT2D eigenvalue weighted by molar-refractivity contribution is 0.102. The smallest absolute Gasteiger partial charge is 0.274 e. The van der Waals surface area contributed by atoms with Crippen LogP contribution in [-0.2, 0) is 0 Å². The first-order chi connectivity index (χ1) is 12.6. The second-order valence-corrected chi connectivity index (χ2v) is 5.57. The molecule has 0 unspecified atom stereocenters. The number of anilines is 1. The number of nitrogens with one attached hydrogen (secondary N) is 1. The highest BCUT2D eigenvalue weighted by Gasteiger charge is 2.16. The lowest BCUT2D eigenvalue weighted by Crippen LogP contribution is -2.16. The molecule has 0 radical (unpaired) electrons. The van der Waals surface area contributed by atoms with Gasteiger partial charge in [-0.1, -0.05) is 6.07 Å². The van der Waals surface area contributed by atoms with Gasteiger partial charge in [0.15, 0.2) is 11.6 Å². The summed E-state index contributed by atoms with van der Waals surface area (Å²) in [5.41, 5.74) is 2.16. The molecule has 6 heteroatoms. The first-order valence-electron chi connectivity index (χ1n) is 7.98. The van der Waals surface area contributed by atoms with Gasteiger partial charge in [0.25, 0.3) is 5.91 Å². The number of halogens is 1. The van der Waals surface area contributed by atoms with Crippen LogP contribution in [0.2, 0.25) is 0 Å². The number of carbonyl (C=O) groups is 1. The number of nitrogens with zero attached hydrogens (tertiary/aromatic N) is 2. The van der Waals surface area contributed by atoms with Crippen LogP contribution in [0.4, 0.5) is 10.1 Å². The molecule has 1 N–H and O–H groups in total. The number of ether oxygens (including phenoxy) is 1. The Morgan fingerprint density at radius 3 is 2.96 bits per heavy atom. The number of aromatic nitrogens is 2. The van der Waals surface area contributed by atoms with Crippen molar-refractivity contribution in [1.82, 2.24) is 9.97 Å². The predicted octanol–water partition coefficient (Wildman–Crippen LogP) is 3.73. The van der Waals surface area contributed by atoms with Gasteiger partial charge in [0.2, 0.25) is 0 Å². The van der Waals surface area contributed by atoms with Gasteiger partial charge in [0.1, 0.15) is 5.69 Å². The lowest BCUT2D eigenvalue weighted by Gasteiger charge is -2.11. The summed E-state index contributed by atoms with van der Waals surface area (Å²) in [6, 6.07) is 9.80. The molecule has 0 fully saturated rings. The summed E-state index contributed by atoms with van der Waals surface area (Å²) in [6.07, 6.45) is 7.17. The van der Waals surface area contributed by atoms with E-state index in [1.807, 2.05) is 0 Å². The number of fused-ring (bicyclic) bond motifs is 1. The number of aryl methyl sites for hydroxylation is 1. The minimum absolute atomic E-state index is 0.0145. The molecule has 130 valence electrons. The monoisotopic (exact) mass is 349 g/mol. The number of rotatable bonds is 5. The second kappa shape index (κ2) is 7.62. The van der Waals surface area contributed by atoms with Crippen LogP contribution in [0.3, 0.4) is 0 Å². The lowest BCUT2D eigenvalue weighted by atomic mass is 10.1. The number of carbonyl (C=O) groups excluding carboxylic acids is 1. The quantitative estimate of drug-likeness (QED) is 0.563. The summed E-state index contributed by atoms with van der Waals surface area (Å²) in [4.78, 5) is 21.1. The van der Waals surface area contributed by atoms with Gasteiger partial charge in [0.05, 0.1) is 23.3 Å². The standard InChI is InChI=1S/C20H16FN3O2/c1-3-4-11-26-17-9-5-7-15(18(17)21)24-20(25)19-13(2)12-16-14(23-19)8-6-10-22-16/h1,5-10,12H,4,11H2,2H3,(H,24,25). The first-order valence-corrected chi connectivity index (χ1v) is 7.98. The molecule has 5 nitrogen and oxygen atoms in total. The highest BCUT2D eigenvalue weighted by molar-refractivity contribution is 6.05. The largest absolute Gasteiger partial charge is 0.489 e. The molecule has 1 aromatic carbocycles. The van der Waals surface area contributed by atoms with E-state index in [9.17, 15) is 9.18 Å². The van der Waals surface area contributed by atoms with Crippen LogP contribution in [0.5, 0.6) is 5.75 Å². The Labute approximate surface area is 150 Å². The van der Waals surface area contributed by atoms with Crippen LogP contribution in [0.1, 0.15) is 22.5 Å². The Morgan fingerprint density at radius 1 is 1.31 bits per heavy atom. The van der Waals surface area contributed by atoms with Crippen LogP contribution in [0, 0.1) is 25.1 Å². The van der Waals surface area contributed by atoms with Gasteiger partial charge in [-0.15, -0.1) is 12.3 Å². The van der Waals surface area contributed by atoms with Gasteiger partial charge in [-0.2, -0.15) is 0 Å². The summed E-state index contributed by atoms with van der Waals surface area (Å²) < 4.78 is 19.8. The third kappa shape index (κ3) is 3.62. The van der Waals surface area contributed by atoms with Crippen molar-refractivity contribution in [2.45, 2.75) is 13.3 Å². The average Bonchev–Trinajstić information content (AvgIpc) is 2.64. The van der Waals surface area contributed by atoms with E-state index in [1.54, 1.807) is 37.4 Å². The molecule has 0 saturated carbocycles. The molecule has 3 rings (SSSR count). The van der Waals surface area contributed by atoms with Crippen molar-refractivity contribution < 1.29 is 13.9 Å². The Hall–Kier alpha value is -3.46. The molecule has 1 amide bonds. The van der Waals surface area contributed by atoms with E-state index < -0.39 is 11.7 Å². The summed E-state index contributed by atoms with van der Waals surface area (Å²) in [5.74, 6) is 1.29. The van der Waals surface area contributed by atoms with Gasteiger partial charge < -0.3 is 10.1 Å². The number of terminal acetylenes is 1. The zero-order valence-corrected chi connectivity index (χ0v) is 14.1. The average molecular weight is 349 g/mol. The summed E-state index contributed by atoms with van der Waals surface area (Å²) in [5, 5.41) is 2.55. The highest BCUT2D eigenvalue weighted by Crippen LogP contribution is 2.25. The Balaban J connectivity index is 1.85. The minimum atomic E-state index is -0.655. The fourth-order valence-corrected chi connectivity index (χ4v) is 2.45. The van der Waals surface area contributed by atoms with Crippen molar-refractivity contribution in [3.05, 3.63) is 59.7 Å². The zero-order valence-electron chi connectivity index (χ0n) is 14.1. The van der Waals surface area contributed by atoms with E-state index in [0.29, 0.717) is 23.0 Å². The van der Waals surface area contributed by atoms with E-state index in [1.165, 1.54) is 12.1 Å². The number of hydrogen-bond donors (Lipinski definition) is 1. The van der Waals surface area contributed by atoms with Crippen LogP contribution < -0.4 is 10.1 Å². The normalized spacial score (nSPS) is 10.3. The van der Waals surface area contributed by atoms with Crippen LogP contribution in [0.15, 0.2) is 42.6 Å². The van der Waals surface area contributed by atoms with Crippen LogP contribution in [0.25, 0.3) is 11.0 Å². The number of pyridine rings is 2. The Kier molecular flexibility index (Phi) is 5.09. The van der Waals surface area contributed by atoms with Crippen LogP contribution in [-0.4, -0.2) is 22.5 Å². The first kappa shape index (κ1) is 17.4. The molecule has 0 aliphatic heterocycles. The third-order valence-electron chi connectivity index (χ3n) is 3.71. The van der Waals surface area contributed by atoms with E-state index in [-0.39, 0.29) is 23.7 Å². The Morgan fingerprint density at radius 2 is 2.15 bits per heavy atom. The molecule has 0 aliphatic rings. The van der Waals surface area contributed by atoms with E-state index in [2.05, 4.69) is 21.2 Å². The Bertz CT molecular complexity index is 1010. The number of hydrogen-bond acceptors (Lipinski definition) is 4. The van der Waals surface area contributed by atoms with Crippen molar-refractivity contribution in [2.24, 2.45) is 0 Å². The number of amides is 1.